The van der Waals surface area contributed by atoms with Gasteiger partial charge in [0.25, 0.3) is 0 Å². The van der Waals surface area contributed by atoms with Gasteiger partial charge >= 0.3 is 5.97 Å². The van der Waals surface area contributed by atoms with Crippen LogP contribution in [0.25, 0.3) is 0 Å². The van der Waals surface area contributed by atoms with Crippen LogP contribution in [0.2, 0.25) is 0 Å². The lowest BCUT2D eigenvalue weighted by atomic mass is 9.89. The number of benzene rings is 1. The van der Waals surface area contributed by atoms with E-state index in [2.05, 4.69) is 5.32 Å². The van der Waals surface area contributed by atoms with Gasteiger partial charge in [0, 0.05) is 13.0 Å². The molecule has 1 amide bonds. The fourth-order valence-electron chi connectivity index (χ4n) is 1.87. The van der Waals surface area contributed by atoms with Crippen LogP contribution in [0.3, 0.4) is 0 Å². The summed E-state index contributed by atoms with van der Waals surface area (Å²) in [5, 5.41) is 11.8. The van der Waals surface area contributed by atoms with E-state index in [1.54, 1.807) is 13.8 Å². The van der Waals surface area contributed by atoms with E-state index in [1.165, 1.54) is 0 Å². The number of rotatable bonds is 7. The molecule has 2 N–H and O–H groups in total. The van der Waals surface area contributed by atoms with Crippen LogP contribution in [-0.4, -0.2) is 22.6 Å². The smallest absolute Gasteiger partial charge is 0.309 e. The molecular formula is C18H27NO4. The van der Waals surface area contributed by atoms with Crippen molar-refractivity contribution in [1.82, 2.24) is 5.32 Å². The summed E-state index contributed by atoms with van der Waals surface area (Å²) >= 11 is 0. The second-order valence-electron chi connectivity index (χ2n) is 7.36. The molecule has 0 spiro atoms. The maximum absolute atomic E-state index is 11.9. The molecule has 5 nitrogen and oxygen atoms in total. The van der Waals surface area contributed by atoms with Crippen LogP contribution in [0.5, 0.6) is 0 Å². The van der Waals surface area contributed by atoms with Crippen LogP contribution in [0.4, 0.5) is 0 Å². The Kier molecular flexibility index (Phi) is 6.33. The van der Waals surface area contributed by atoms with Crippen LogP contribution in [0.15, 0.2) is 24.3 Å². The van der Waals surface area contributed by atoms with Gasteiger partial charge in [-0.05, 0) is 45.7 Å². The molecule has 0 saturated heterocycles. The van der Waals surface area contributed by atoms with Crippen LogP contribution in [0, 0.1) is 5.41 Å². The first-order chi connectivity index (χ1) is 10.5. The van der Waals surface area contributed by atoms with Crippen molar-refractivity contribution in [3.8, 4) is 0 Å². The van der Waals surface area contributed by atoms with Gasteiger partial charge < -0.3 is 15.2 Å². The van der Waals surface area contributed by atoms with Crippen molar-refractivity contribution in [2.75, 3.05) is 0 Å². The third kappa shape index (κ3) is 7.28. The molecule has 1 rings (SSSR count). The summed E-state index contributed by atoms with van der Waals surface area (Å²) in [7, 11) is 0. The number of carbonyl (C=O) groups is 2. The lowest BCUT2D eigenvalue weighted by molar-refractivity contribution is -0.149. The predicted molar refractivity (Wildman–Crippen MR) is 88.9 cm³/mol. The topological polar surface area (TPSA) is 75.6 Å². The average molecular weight is 321 g/mol. The van der Waals surface area contributed by atoms with E-state index in [1.807, 2.05) is 45.0 Å². The molecule has 0 saturated carbocycles. The highest BCUT2D eigenvalue weighted by Gasteiger charge is 2.29. The highest BCUT2D eigenvalue weighted by molar-refractivity contribution is 5.84. The summed E-state index contributed by atoms with van der Waals surface area (Å²) in [5.41, 5.74) is 0.734. The van der Waals surface area contributed by atoms with Crippen molar-refractivity contribution in [3.05, 3.63) is 35.4 Å². The first-order valence-corrected chi connectivity index (χ1v) is 7.71. The number of carboxylic acids is 1. The van der Waals surface area contributed by atoms with Crippen molar-refractivity contribution in [3.63, 3.8) is 0 Å². The number of hydrogen-bond acceptors (Lipinski definition) is 3. The van der Waals surface area contributed by atoms with Crippen molar-refractivity contribution >= 4 is 11.9 Å². The van der Waals surface area contributed by atoms with Gasteiger partial charge in [-0.25, -0.2) is 0 Å². The Morgan fingerprint density at radius 2 is 1.74 bits per heavy atom. The zero-order valence-corrected chi connectivity index (χ0v) is 14.6. The van der Waals surface area contributed by atoms with E-state index in [-0.39, 0.29) is 17.9 Å². The standard InChI is InChI=1S/C18H27NO4/c1-17(2,3)23-12-14-8-6-7-13(9-14)11-19-15(20)10-18(4,5)16(21)22/h6-9H,10-12H2,1-5H3,(H,19,20)(H,21,22). The van der Waals surface area contributed by atoms with E-state index in [0.717, 1.165) is 11.1 Å². The molecule has 23 heavy (non-hydrogen) atoms. The van der Waals surface area contributed by atoms with Gasteiger partial charge in [0.2, 0.25) is 5.91 Å². The SMILES string of the molecule is CC(C)(C)OCc1cccc(CNC(=O)CC(C)(C)C(=O)O)c1. The lowest BCUT2D eigenvalue weighted by Gasteiger charge is -2.20. The third-order valence-corrected chi connectivity index (χ3v) is 3.33. The largest absolute Gasteiger partial charge is 0.481 e. The normalized spacial score (nSPS) is 12.0. The fourth-order valence-corrected chi connectivity index (χ4v) is 1.87. The number of nitrogens with one attached hydrogen (secondary N) is 1. The van der Waals surface area contributed by atoms with Gasteiger partial charge in [-0.1, -0.05) is 24.3 Å². The highest BCUT2D eigenvalue weighted by Crippen LogP contribution is 2.20. The van der Waals surface area contributed by atoms with E-state index in [9.17, 15) is 9.59 Å². The lowest BCUT2D eigenvalue weighted by Crippen LogP contribution is -2.33. The summed E-state index contributed by atoms with van der Waals surface area (Å²) in [6, 6.07) is 7.80. The minimum absolute atomic E-state index is 0.0465. The monoisotopic (exact) mass is 321 g/mol. The van der Waals surface area contributed by atoms with Crippen molar-refractivity contribution in [2.24, 2.45) is 5.41 Å². The Morgan fingerprint density at radius 3 is 2.30 bits per heavy atom. The number of hydrogen-bond donors (Lipinski definition) is 2. The molecule has 0 aliphatic rings. The molecule has 0 aliphatic heterocycles. The minimum atomic E-state index is -1.06. The van der Waals surface area contributed by atoms with Crippen LogP contribution in [-0.2, 0) is 27.5 Å². The number of aliphatic carboxylic acids is 1. The van der Waals surface area contributed by atoms with Gasteiger partial charge in [-0.15, -0.1) is 0 Å². The van der Waals surface area contributed by atoms with Gasteiger partial charge in [-0.2, -0.15) is 0 Å². The van der Waals surface area contributed by atoms with Crippen molar-refractivity contribution in [2.45, 2.75) is 59.8 Å². The first kappa shape index (κ1) is 19.2. The summed E-state index contributed by atoms with van der Waals surface area (Å²) in [6.45, 7) is 9.97. The number of ether oxygens (including phenoxy) is 1. The molecule has 0 atom stereocenters. The molecule has 1 aromatic carbocycles. The van der Waals surface area contributed by atoms with Crippen molar-refractivity contribution in [1.29, 1.82) is 0 Å². The highest BCUT2D eigenvalue weighted by atomic mass is 16.5. The van der Waals surface area contributed by atoms with Crippen LogP contribution >= 0.6 is 0 Å². The Morgan fingerprint density at radius 1 is 1.13 bits per heavy atom. The molecule has 0 aliphatic carbocycles. The molecule has 0 fully saturated rings. The Hall–Kier alpha value is -1.88. The fraction of sp³-hybridized carbons (Fsp3) is 0.556. The second kappa shape index (κ2) is 7.59. The molecule has 0 radical (unpaired) electrons. The maximum Gasteiger partial charge on any atom is 0.309 e. The van der Waals surface area contributed by atoms with Crippen LogP contribution in [0.1, 0.15) is 52.2 Å². The molecule has 0 unspecified atom stereocenters. The van der Waals surface area contributed by atoms with E-state index < -0.39 is 11.4 Å². The van der Waals surface area contributed by atoms with Gasteiger partial charge in [0.05, 0.1) is 17.6 Å². The number of carbonyl (C=O) groups excluding carboxylic acids is 1. The summed E-state index contributed by atoms with van der Waals surface area (Å²) in [6.07, 6.45) is -0.0465. The Labute approximate surface area is 138 Å². The van der Waals surface area contributed by atoms with Gasteiger partial charge in [0.15, 0.2) is 0 Å². The summed E-state index contributed by atoms with van der Waals surface area (Å²) in [5.74, 6) is -1.25. The molecule has 5 heteroatoms. The minimum Gasteiger partial charge on any atom is -0.481 e. The zero-order chi connectivity index (χ0) is 17.7. The molecule has 0 aromatic heterocycles. The zero-order valence-electron chi connectivity index (χ0n) is 14.6. The summed E-state index contributed by atoms with van der Waals surface area (Å²) < 4.78 is 5.74. The van der Waals surface area contributed by atoms with E-state index in [0.29, 0.717) is 13.2 Å². The van der Waals surface area contributed by atoms with E-state index in [4.69, 9.17) is 9.84 Å². The van der Waals surface area contributed by atoms with Crippen LogP contribution < -0.4 is 5.32 Å². The maximum atomic E-state index is 11.9. The number of carboxylic acid groups (broad SMARTS) is 1. The van der Waals surface area contributed by atoms with Gasteiger partial charge in [0.1, 0.15) is 0 Å². The van der Waals surface area contributed by atoms with E-state index >= 15 is 0 Å². The Balaban J connectivity index is 2.55. The number of amides is 1. The summed E-state index contributed by atoms with van der Waals surface area (Å²) in [4.78, 5) is 22.9. The molecule has 0 bridgehead atoms. The Bertz CT molecular complexity index is 558. The predicted octanol–water partition coefficient (Wildman–Crippen LogP) is 3.12. The van der Waals surface area contributed by atoms with Crippen molar-refractivity contribution < 1.29 is 19.4 Å². The molecule has 1 aromatic rings. The molecule has 0 heterocycles. The molecular weight excluding hydrogens is 294 g/mol. The first-order valence-electron chi connectivity index (χ1n) is 7.71. The van der Waals surface area contributed by atoms with Gasteiger partial charge in [-0.3, -0.25) is 9.59 Å². The quantitative estimate of drug-likeness (QED) is 0.809. The third-order valence-electron chi connectivity index (χ3n) is 3.33. The average Bonchev–Trinajstić information content (AvgIpc) is 2.42. The second-order valence-corrected chi connectivity index (χ2v) is 7.36. The molecule has 128 valence electrons.